The van der Waals surface area contributed by atoms with Crippen LogP contribution in [0.15, 0.2) is 22.7 Å². The lowest BCUT2D eigenvalue weighted by molar-refractivity contribution is 0.156. The minimum Gasteiger partial charge on any atom is -0.392 e. The molecule has 0 saturated heterocycles. The van der Waals surface area contributed by atoms with Crippen molar-refractivity contribution >= 4 is 21.6 Å². The van der Waals surface area contributed by atoms with Gasteiger partial charge in [0.25, 0.3) is 6.43 Å². The van der Waals surface area contributed by atoms with E-state index in [1.54, 1.807) is 25.2 Å². The van der Waals surface area contributed by atoms with E-state index in [4.69, 9.17) is 5.11 Å². The Kier molecular flexibility index (Phi) is 4.47. The average molecular weight is 280 g/mol. The number of nitrogens with zero attached hydrogens (tertiary/aromatic N) is 1. The Bertz CT molecular complexity index is 333. The Hall–Kier alpha value is -0.680. The second kappa shape index (κ2) is 5.42. The Morgan fingerprint density at radius 2 is 2.13 bits per heavy atom. The van der Waals surface area contributed by atoms with Crippen molar-refractivity contribution in [2.45, 2.75) is 13.0 Å². The second-order valence-corrected chi connectivity index (χ2v) is 4.06. The van der Waals surface area contributed by atoms with E-state index in [0.717, 1.165) is 10.0 Å². The number of hydrogen-bond donors (Lipinski definition) is 1. The Balaban J connectivity index is 2.82. The number of hydrogen-bond acceptors (Lipinski definition) is 2. The fraction of sp³-hybridized carbons (Fsp3) is 0.400. The van der Waals surface area contributed by atoms with Crippen molar-refractivity contribution in [2.24, 2.45) is 0 Å². The largest absolute Gasteiger partial charge is 0.392 e. The highest BCUT2D eigenvalue weighted by Crippen LogP contribution is 2.23. The molecule has 84 valence electrons. The molecule has 0 aromatic heterocycles. The summed E-state index contributed by atoms with van der Waals surface area (Å²) in [6.45, 7) is -0.371. The van der Waals surface area contributed by atoms with Crippen LogP contribution >= 0.6 is 15.9 Å². The molecular weight excluding hydrogens is 268 g/mol. The molecule has 0 bridgehead atoms. The third kappa shape index (κ3) is 3.43. The summed E-state index contributed by atoms with van der Waals surface area (Å²) >= 11 is 3.27. The summed E-state index contributed by atoms with van der Waals surface area (Å²) in [5.74, 6) is 0. The van der Waals surface area contributed by atoms with Gasteiger partial charge in [0.2, 0.25) is 0 Å². The summed E-state index contributed by atoms with van der Waals surface area (Å²) in [5, 5.41) is 8.93. The van der Waals surface area contributed by atoms with Crippen molar-refractivity contribution in [2.75, 3.05) is 18.5 Å². The zero-order valence-electron chi connectivity index (χ0n) is 8.25. The van der Waals surface area contributed by atoms with Gasteiger partial charge in [-0.15, -0.1) is 0 Å². The Morgan fingerprint density at radius 3 is 2.60 bits per heavy atom. The molecule has 0 aliphatic heterocycles. The summed E-state index contributed by atoms with van der Waals surface area (Å²) in [6, 6.07) is 5.13. The number of aliphatic hydroxyl groups is 1. The lowest BCUT2D eigenvalue weighted by atomic mass is 10.2. The van der Waals surface area contributed by atoms with Crippen molar-refractivity contribution in [1.29, 1.82) is 0 Å². The molecule has 0 heterocycles. The van der Waals surface area contributed by atoms with Crippen molar-refractivity contribution in [1.82, 2.24) is 0 Å². The van der Waals surface area contributed by atoms with Gasteiger partial charge in [-0.2, -0.15) is 0 Å². The third-order valence-corrected chi connectivity index (χ3v) is 2.80. The molecule has 1 rings (SSSR count). The third-order valence-electron chi connectivity index (χ3n) is 2.06. The number of anilines is 1. The number of halogens is 3. The quantitative estimate of drug-likeness (QED) is 0.916. The molecular formula is C10H12BrF2NO. The second-order valence-electron chi connectivity index (χ2n) is 3.21. The van der Waals surface area contributed by atoms with Gasteiger partial charge >= 0.3 is 0 Å². The number of alkyl halides is 2. The van der Waals surface area contributed by atoms with Crippen LogP contribution in [0, 0.1) is 0 Å². The van der Waals surface area contributed by atoms with Crippen LogP contribution < -0.4 is 4.90 Å². The number of benzene rings is 1. The first kappa shape index (κ1) is 12.4. The fourth-order valence-corrected chi connectivity index (χ4v) is 1.71. The van der Waals surface area contributed by atoms with Gasteiger partial charge in [-0.1, -0.05) is 22.0 Å². The van der Waals surface area contributed by atoms with Gasteiger partial charge in [-0.05, 0) is 17.7 Å². The fourth-order valence-electron chi connectivity index (χ4n) is 1.21. The van der Waals surface area contributed by atoms with E-state index in [9.17, 15) is 8.78 Å². The van der Waals surface area contributed by atoms with Crippen LogP contribution in [-0.2, 0) is 6.61 Å². The van der Waals surface area contributed by atoms with Crippen molar-refractivity contribution < 1.29 is 13.9 Å². The molecule has 1 aromatic carbocycles. The SMILES string of the molecule is CN(CC(F)F)c1ccc(CO)c(Br)c1. The molecule has 2 nitrogen and oxygen atoms in total. The van der Waals surface area contributed by atoms with E-state index in [0.29, 0.717) is 5.69 Å². The standard InChI is InChI=1S/C10H12BrF2NO/c1-14(5-10(12)13)8-3-2-7(6-15)9(11)4-8/h2-4,10,15H,5-6H2,1H3. The lowest BCUT2D eigenvalue weighted by Gasteiger charge is -2.19. The summed E-state index contributed by atoms with van der Waals surface area (Å²) in [4.78, 5) is 1.47. The highest BCUT2D eigenvalue weighted by molar-refractivity contribution is 9.10. The smallest absolute Gasteiger partial charge is 0.255 e. The van der Waals surface area contributed by atoms with E-state index >= 15 is 0 Å². The number of rotatable bonds is 4. The zero-order valence-corrected chi connectivity index (χ0v) is 9.84. The highest BCUT2D eigenvalue weighted by atomic mass is 79.9. The predicted octanol–water partition coefficient (Wildman–Crippen LogP) is 2.64. The van der Waals surface area contributed by atoms with Gasteiger partial charge in [0.1, 0.15) is 0 Å². The van der Waals surface area contributed by atoms with Crippen molar-refractivity contribution in [3.63, 3.8) is 0 Å². The minimum absolute atomic E-state index is 0.0700. The Morgan fingerprint density at radius 1 is 1.47 bits per heavy atom. The molecule has 0 aliphatic rings. The van der Waals surface area contributed by atoms with Crippen LogP contribution in [0.3, 0.4) is 0 Å². The molecule has 0 spiro atoms. The van der Waals surface area contributed by atoms with E-state index < -0.39 is 6.43 Å². The maximum atomic E-state index is 12.1. The molecule has 1 N–H and O–H groups in total. The minimum atomic E-state index is -2.36. The van der Waals surface area contributed by atoms with Gasteiger partial charge in [-0.25, -0.2) is 8.78 Å². The van der Waals surface area contributed by atoms with Gasteiger partial charge in [-0.3, -0.25) is 0 Å². The molecule has 0 unspecified atom stereocenters. The molecule has 5 heteroatoms. The van der Waals surface area contributed by atoms with Crippen LogP contribution in [0.1, 0.15) is 5.56 Å². The van der Waals surface area contributed by atoms with Crippen LogP contribution in [0.4, 0.5) is 14.5 Å². The Labute approximate surface area is 95.6 Å². The normalized spacial score (nSPS) is 10.8. The molecule has 0 amide bonds. The summed E-state index contributed by atoms with van der Waals surface area (Å²) < 4.78 is 25.0. The van der Waals surface area contributed by atoms with Gasteiger partial charge in [0.15, 0.2) is 0 Å². The summed E-state index contributed by atoms with van der Waals surface area (Å²) in [6.07, 6.45) is -2.36. The first-order chi connectivity index (χ1) is 7.04. The van der Waals surface area contributed by atoms with Crippen LogP contribution in [0.2, 0.25) is 0 Å². The lowest BCUT2D eigenvalue weighted by Crippen LogP contribution is -2.23. The van der Waals surface area contributed by atoms with Crippen LogP contribution in [-0.4, -0.2) is 25.1 Å². The highest BCUT2D eigenvalue weighted by Gasteiger charge is 2.09. The van der Waals surface area contributed by atoms with E-state index in [-0.39, 0.29) is 13.2 Å². The van der Waals surface area contributed by atoms with E-state index in [1.165, 1.54) is 4.90 Å². The van der Waals surface area contributed by atoms with Crippen molar-refractivity contribution in [3.05, 3.63) is 28.2 Å². The van der Waals surface area contributed by atoms with E-state index in [1.807, 2.05) is 0 Å². The first-order valence-corrected chi connectivity index (χ1v) is 5.22. The molecule has 1 aromatic rings. The molecule has 0 aliphatic carbocycles. The molecule has 0 atom stereocenters. The monoisotopic (exact) mass is 279 g/mol. The van der Waals surface area contributed by atoms with Crippen molar-refractivity contribution in [3.8, 4) is 0 Å². The molecule has 0 fully saturated rings. The zero-order chi connectivity index (χ0) is 11.4. The van der Waals surface area contributed by atoms with E-state index in [2.05, 4.69) is 15.9 Å². The predicted molar refractivity (Wildman–Crippen MR) is 59.3 cm³/mol. The topological polar surface area (TPSA) is 23.5 Å². The summed E-state index contributed by atoms with van der Waals surface area (Å²) in [7, 11) is 1.60. The average Bonchev–Trinajstić information content (AvgIpc) is 2.16. The van der Waals surface area contributed by atoms with Gasteiger partial charge in [0.05, 0.1) is 13.2 Å². The maximum Gasteiger partial charge on any atom is 0.255 e. The first-order valence-electron chi connectivity index (χ1n) is 4.43. The van der Waals surface area contributed by atoms with Gasteiger partial charge < -0.3 is 10.0 Å². The van der Waals surface area contributed by atoms with Crippen LogP contribution in [0.5, 0.6) is 0 Å². The summed E-state index contributed by atoms with van der Waals surface area (Å²) in [5.41, 5.74) is 1.43. The molecule has 0 radical (unpaired) electrons. The maximum absolute atomic E-state index is 12.1. The van der Waals surface area contributed by atoms with Gasteiger partial charge in [0, 0.05) is 17.2 Å². The van der Waals surface area contributed by atoms with Crippen LogP contribution in [0.25, 0.3) is 0 Å². The molecule has 15 heavy (non-hydrogen) atoms. The molecule has 0 saturated carbocycles. The number of aliphatic hydroxyl groups excluding tert-OH is 1.